The highest BCUT2D eigenvalue weighted by atomic mass is 16.4. The van der Waals surface area contributed by atoms with Gasteiger partial charge in [0.25, 0.3) is 5.91 Å². The maximum absolute atomic E-state index is 12.6. The van der Waals surface area contributed by atoms with Crippen LogP contribution in [0.2, 0.25) is 0 Å². The summed E-state index contributed by atoms with van der Waals surface area (Å²) in [5.74, 6) is -1.50. The first kappa shape index (κ1) is 14.4. The smallest absolute Gasteiger partial charge is 0.308 e. The summed E-state index contributed by atoms with van der Waals surface area (Å²) in [5, 5.41) is 17.1. The normalized spacial score (nSPS) is 22.1. The van der Waals surface area contributed by atoms with Crippen molar-refractivity contribution in [2.75, 3.05) is 13.1 Å². The van der Waals surface area contributed by atoms with E-state index < -0.39 is 11.9 Å². The molecule has 2 atom stereocenters. The van der Waals surface area contributed by atoms with Crippen molar-refractivity contribution in [2.45, 2.75) is 27.2 Å². The second kappa shape index (κ2) is 5.56. The van der Waals surface area contributed by atoms with Gasteiger partial charge in [0, 0.05) is 13.1 Å². The third-order valence-electron chi connectivity index (χ3n) is 3.77. The van der Waals surface area contributed by atoms with Crippen molar-refractivity contribution in [3.63, 3.8) is 0 Å². The highest BCUT2D eigenvalue weighted by molar-refractivity contribution is 5.96. The van der Waals surface area contributed by atoms with Gasteiger partial charge in [-0.15, -0.1) is 0 Å². The predicted octanol–water partition coefficient (Wildman–Crippen LogP) is 1.14. The maximum atomic E-state index is 12.6. The monoisotopic (exact) mass is 277 g/mol. The number of hydrogen-bond acceptors (Lipinski definition) is 4. The number of amides is 1. The van der Waals surface area contributed by atoms with Gasteiger partial charge >= 0.3 is 5.97 Å². The number of aromatic nitrogens is 2. The van der Waals surface area contributed by atoms with Crippen LogP contribution in [-0.2, 0) is 11.2 Å². The Morgan fingerprint density at radius 1 is 1.40 bits per heavy atom. The van der Waals surface area contributed by atoms with Crippen molar-refractivity contribution in [3.05, 3.63) is 23.0 Å². The first-order valence-corrected chi connectivity index (χ1v) is 6.79. The van der Waals surface area contributed by atoms with Gasteiger partial charge in [0.15, 0.2) is 0 Å². The van der Waals surface area contributed by atoms with Crippen LogP contribution in [0.25, 0.3) is 0 Å². The molecule has 0 unspecified atom stereocenters. The number of rotatable bonds is 3. The minimum Gasteiger partial charge on any atom is -0.481 e. The summed E-state index contributed by atoms with van der Waals surface area (Å²) < 4.78 is 0. The molecule has 1 amide bonds. The summed E-state index contributed by atoms with van der Waals surface area (Å²) in [6.45, 7) is 6.31. The third kappa shape index (κ3) is 2.64. The van der Waals surface area contributed by atoms with Crippen molar-refractivity contribution < 1.29 is 14.7 Å². The molecule has 2 heterocycles. The van der Waals surface area contributed by atoms with Crippen LogP contribution in [0.3, 0.4) is 0 Å². The Morgan fingerprint density at radius 3 is 2.65 bits per heavy atom. The summed E-state index contributed by atoms with van der Waals surface area (Å²) in [5.41, 5.74) is 1.89. The van der Waals surface area contributed by atoms with E-state index in [1.54, 1.807) is 17.9 Å². The largest absolute Gasteiger partial charge is 0.481 e. The molecule has 2 rings (SSSR count). The van der Waals surface area contributed by atoms with Crippen molar-refractivity contribution in [1.29, 1.82) is 0 Å². The van der Waals surface area contributed by atoms with Crippen LogP contribution in [0.1, 0.15) is 35.6 Å². The number of carbonyl (C=O) groups excluding carboxylic acids is 1. The molecule has 6 nitrogen and oxygen atoms in total. The lowest BCUT2D eigenvalue weighted by molar-refractivity contribution is -0.142. The third-order valence-corrected chi connectivity index (χ3v) is 3.77. The fourth-order valence-electron chi connectivity index (χ4n) is 2.58. The topological polar surface area (TPSA) is 83.4 Å². The van der Waals surface area contributed by atoms with E-state index in [0.29, 0.717) is 29.9 Å². The van der Waals surface area contributed by atoms with E-state index in [0.717, 1.165) is 0 Å². The van der Waals surface area contributed by atoms with Crippen LogP contribution in [0.15, 0.2) is 6.07 Å². The molecule has 0 spiro atoms. The number of aryl methyl sites for hydroxylation is 2. The number of carboxylic acid groups (broad SMARTS) is 1. The molecule has 1 saturated heterocycles. The van der Waals surface area contributed by atoms with E-state index in [4.69, 9.17) is 5.11 Å². The molecule has 1 aromatic heterocycles. The molecule has 1 aliphatic heterocycles. The zero-order valence-electron chi connectivity index (χ0n) is 12.0. The highest BCUT2D eigenvalue weighted by Crippen LogP contribution is 2.25. The maximum Gasteiger partial charge on any atom is 0.308 e. The van der Waals surface area contributed by atoms with Crippen LogP contribution in [0, 0.1) is 18.8 Å². The van der Waals surface area contributed by atoms with Crippen LogP contribution in [0.4, 0.5) is 0 Å². The van der Waals surface area contributed by atoms with Gasteiger partial charge in [0.2, 0.25) is 0 Å². The van der Waals surface area contributed by atoms with Crippen LogP contribution >= 0.6 is 0 Å². The number of nitrogens with zero attached hydrogens (tertiary/aromatic N) is 3. The highest BCUT2D eigenvalue weighted by Gasteiger charge is 2.37. The molecule has 0 radical (unpaired) electrons. The second-order valence-corrected chi connectivity index (χ2v) is 5.33. The SMILES string of the molecule is CCc1nnc(C)cc1C(=O)N1C[C@@H](C)[C@H](C(=O)O)C1. The number of carbonyl (C=O) groups is 2. The van der Waals surface area contributed by atoms with Gasteiger partial charge < -0.3 is 10.0 Å². The Balaban J connectivity index is 2.25. The van der Waals surface area contributed by atoms with Gasteiger partial charge in [-0.2, -0.15) is 10.2 Å². The average Bonchev–Trinajstić information content (AvgIpc) is 2.80. The molecule has 6 heteroatoms. The number of likely N-dealkylation sites (tertiary alicyclic amines) is 1. The Kier molecular flexibility index (Phi) is 4.01. The minimum absolute atomic E-state index is 0.0302. The fraction of sp³-hybridized carbons (Fsp3) is 0.571. The molecule has 108 valence electrons. The molecule has 0 saturated carbocycles. The molecular formula is C14H19N3O3. The van der Waals surface area contributed by atoms with Crippen LogP contribution in [-0.4, -0.2) is 45.2 Å². The van der Waals surface area contributed by atoms with Crippen molar-refractivity contribution in [3.8, 4) is 0 Å². The van der Waals surface area contributed by atoms with Crippen molar-refractivity contribution in [2.24, 2.45) is 11.8 Å². The molecule has 0 aliphatic carbocycles. The first-order chi connectivity index (χ1) is 9.43. The summed E-state index contributed by atoms with van der Waals surface area (Å²) in [6.07, 6.45) is 0.625. The van der Waals surface area contributed by atoms with Crippen molar-refractivity contribution in [1.82, 2.24) is 15.1 Å². The van der Waals surface area contributed by atoms with E-state index in [9.17, 15) is 9.59 Å². The lowest BCUT2D eigenvalue weighted by Crippen LogP contribution is -2.31. The summed E-state index contributed by atoms with van der Waals surface area (Å²) in [4.78, 5) is 25.3. The lowest BCUT2D eigenvalue weighted by Gasteiger charge is -2.17. The lowest BCUT2D eigenvalue weighted by atomic mass is 9.99. The van der Waals surface area contributed by atoms with Gasteiger partial charge in [-0.1, -0.05) is 13.8 Å². The Labute approximate surface area is 117 Å². The van der Waals surface area contributed by atoms with Crippen LogP contribution < -0.4 is 0 Å². The molecule has 0 aromatic carbocycles. The fourth-order valence-corrected chi connectivity index (χ4v) is 2.58. The Morgan fingerprint density at radius 2 is 2.10 bits per heavy atom. The summed E-state index contributed by atoms with van der Waals surface area (Å²) in [7, 11) is 0. The molecular weight excluding hydrogens is 258 g/mol. The molecule has 1 fully saturated rings. The second-order valence-electron chi connectivity index (χ2n) is 5.33. The molecule has 20 heavy (non-hydrogen) atoms. The number of hydrogen-bond donors (Lipinski definition) is 1. The van der Waals surface area contributed by atoms with E-state index in [1.165, 1.54) is 0 Å². The Bertz CT molecular complexity index is 544. The molecule has 0 bridgehead atoms. The predicted molar refractivity (Wildman–Crippen MR) is 72.3 cm³/mol. The quantitative estimate of drug-likeness (QED) is 0.895. The Hall–Kier alpha value is -1.98. The zero-order chi connectivity index (χ0) is 14.9. The van der Waals surface area contributed by atoms with E-state index >= 15 is 0 Å². The first-order valence-electron chi connectivity index (χ1n) is 6.79. The molecule has 1 aromatic rings. The van der Waals surface area contributed by atoms with Gasteiger partial charge in [0.05, 0.1) is 22.9 Å². The van der Waals surface area contributed by atoms with Crippen molar-refractivity contribution >= 4 is 11.9 Å². The zero-order valence-corrected chi connectivity index (χ0v) is 12.0. The summed E-state index contributed by atoms with van der Waals surface area (Å²) >= 11 is 0. The van der Waals surface area contributed by atoms with Gasteiger partial charge in [-0.25, -0.2) is 0 Å². The average molecular weight is 277 g/mol. The van der Waals surface area contributed by atoms with E-state index in [1.807, 2.05) is 13.8 Å². The van der Waals surface area contributed by atoms with Gasteiger partial charge in [-0.3, -0.25) is 9.59 Å². The number of carboxylic acids is 1. The van der Waals surface area contributed by atoms with Crippen LogP contribution in [0.5, 0.6) is 0 Å². The molecule has 1 aliphatic rings. The number of aliphatic carboxylic acids is 1. The van der Waals surface area contributed by atoms with E-state index in [-0.39, 0.29) is 18.4 Å². The van der Waals surface area contributed by atoms with E-state index in [2.05, 4.69) is 10.2 Å². The van der Waals surface area contributed by atoms with Gasteiger partial charge in [-0.05, 0) is 25.3 Å². The molecule has 1 N–H and O–H groups in total. The summed E-state index contributed by atoms with van der Waals surface area (Å²) in [6, 6.07) is 1.73. The minimum atomic E-state index is -0.840. The standard InChI is InChI=1S/C14H19N3O3/c1-4-12-10(5-9(3)15-16-12)13(18)17-6-8(2)11(7-17)14(19)20/h5,8,11H,4,6-7H2,1-3H3,(H,19,20)/t8-,11-/m1/s1. The van der Waals surface area contributed by atoms with Gasteiger partial charge in [0.1, 0.15) is 0 Å².